The molecule has 13 heteroatoms. The zero-order chi connectivity index (χ0) is 28.7. The summed E-state index contributed by atoms with van der Waals surface area (Å²) in [5.74, 6) is -0.166. The Kier molecular flexibility index (Phi) is 38.9. The monoisotopic (exact) mass is 753 g/mol. The van der Waals surface area contributed by atoms with Gasteiger partial charge in [-0.1, -0.05) is 104 Å². The standard InChI is InChI=1S/C10H12NOS4.C6H5.3C2H6.CH3S6.Y/c1-8(16(13,14)15)10(12)11(2)9-6-4-3-5-7-9;1-2-4-6-5-3-1;3*1-2;1-7(4,5)6(2)3;/h3-7H,1-2H3,(H,13,14,15);1-5H;3*1-2H3;1H3;/q2*-1;;;;-1;. The van der Waals surface area contributed by atoms with Crippen LogP contribution in [-0.2, 0) is 124 Å². The number of anilines is 1. The summed E-state index contributed by atoms with van der Waals surface area (Å²) in [4.78, 5) is 13.6. The van der Waals surface area contributed by atoms with Crippen LogP contribution >= 0.6 is 11.7 Å². The van der Waals surface area contributed by atoms with Gasteiger partial charge in [0.05, 0.1) is 0 Å². The molecule has 207 valence electrons. The van der Waals surface area contributed by atoms with Gasteiger partial charge < -0.3 is 9.69 Å². The third kappa shape index (κ3) is 27.2. The van der Waals surface area contributed by atoms with Gasteiger partial charge in [0, 0.05) is 45.4 Å². The van der Waals surface area contributed by atoms with Crippen LogP contribution in [0.25, 0.3) is 0 Å². The van der Waals surface area contributed by atoms with Crippen molar-refractivity contribution in [3.05, 3.63) is 72.0 Å². The molecule has 0 atom stereocenters. The molecule has 2 rings (SSSR count). The van der Waals surface area contributed by atoms with Crippen molar-refractivity contribution in [2.24, 2.45) is 0 Å². The third-order valence-electron chi connectivity index (χ3n) is 2.99. The van der Waals surface area contributed by atoms with Crippen LogP contribution in [0.15, 0.2) is 60.7 Å². The number of thiol groups is 1. The topological polar surface area (TPSA) is 20.3 Å². The molecule has 0 saturated carbocycles. The van der Waals surface area contributed by atoms with E-state index in [1.54, 1.807) is 20.2 Å². The Morgan fingerprint density at radius 3 is 1.44 bits per heavy atom. The molecule has 0 fully saturated rings. The maximum Gasteiger partial charge on any atom is 0.102 e. The van der Waals surface area contributed by atoms with E-state index in [0.717, 1.165) is 5.69 Å². The fourth-order valence-corrected chi connectivity index (χ4v) is 2.48. The molecule has 0 aromatic heterocycles. The first kappa shape index (κ1) is 47.4. The van der Waals surface area contributed by atoms with Crippen molar-refractivity contribution in [3.8, 4) is 0 Å². The second-order valence-corrected chi connectivity index (χ2v) is 28.2. The number of hydrogen-bond donors (Lipinski definition) is 1. The summed E-state index contributed by atoms with van der Waals surface area (Å²) in [6.07, 6.45) is -1.71. The Balaban J connectivity index is -0.000000134. The van der Waals surface area contributed by atoms with Crippen LogP contribution in [0.3, 0.4) is 0 Å². The molecule has 1 radical (unpaired) electrons. The summed E-state index contributed by atoms with van der Waals surface area (Å²) in [7, 11) is 1.15. The van der Waals surface area contributed by atoms with Crippen molar-refractivity contribution < 1.29 is 37.5 Å². The SMILES string of the molecule is CC.CC.CC.CS(=S)(=S)[S-](=S)=S.C[C-](C(=O)N(C)c1ccccc1)S(=S)(=S)S.[Y].[c-]1ccccc1. The van der Waals surface area contributed by atoms with Gasteiger partial charge in [-0.05, 0) is 18.4 Å². The van der Waals surface area contributed by atoms with Crippen LogP contribution < -0.4 is 4.90 Å². The predicted molar refractivity (Wildman–Crippen MR) is 189 cm³/mol. The van der Waals surface area contributed by atoms with Crippen LogP contribution in [0.4, 0.5) is 5.69 Å². The van der Waals surface area contributed by atoms with Gasteiger partial charge in [-0.2, -0.15) is 55.7 Å². The second kappa shape index (κ2) is 29.6. The van der Waals surface area contributed by atoms with Crippen LogP contribution in [0.1, 0.15) is 48.5 Å². The molecule has 0 unspecified atom stereocenters. The van der Waals surface area contributed by atoms with Gasteiger partial charge in [-0.25, -0.2) is 27.6 Å². The molecule has 0 aliphatic heterocycles. The van der Waals surface area contributed by atoms with Gasteiger partial charge in [0.25, 0.3) is 0 Å². The molecule has 0 aliphatic rings. The molecular weight excluding hydrogens is 716 g/mol. The first-order valence-corrected chi connectivity index (χ1v) is 22.7. The first-order valence-electron chi connectivity index (χ1n) is 10.6. The van der Waals surface area contributed by atoms with E-state index in [1.165, 1.54) is 4.90 Å². The fourth-order valence-electron chi connectivity index (χ4n) is 1.46. The molecule has 0 bridgehead atoms. The number of carbonyl (C=O) groups excluding carboxylic acids is 1. The van der Waals surface area contributed by atoms with Crippen molar-refractivity contribution in [1.82, 2.24) is 0 Å². The van der Waals surface area contributed by atoms with Gasteiger partial charge in [-0.15, -0.1) is 11.7 Å². The normalized spacial score (nSPS) is 9.08. The van der Waals surface area contributed by atoms with E-state index in [-0.39, 0.29) is 38.6 Å². The summed E-state index contributed by atoms with van der Waals surface area (Å²) >= 11 is 33.2. The third-order valence-corrected chi connectivity index (χ3v) is 18.7. The van der Waals surface area contributed by atoms with Crippen molar-refractivity contribution >= 4 is 110 Å². The molecule has 2 nitrogen and oxygen atoms in total. The van der Waals surface area contributed by atoms with E-state index >= 15 is 0 Å². The van der Waals surface area contributed by atoms with Crippen molar-refractivity contribution in [1.29, 1.82) is 0 Å². The van der Waals surface area contributed by atoms with Gasteiger partial charge in [0.15, 0.2) is 0 Å². The van der Waals surface area contributed by atoms with Crippen LogP contribution in [0.5, 0.6) is 0 Å². The van der Waals surface area contributed by atoms with Crippen molar-refractivity contribution in [2.45, 2.75) is 48.5 Å². The molecule has 0 aliphatic carbocycles. The minimum atomic E-state index is -2.07. The van der Waals surface area contributed by atoms with Crippen LogP contribution in [-0.4, -0.2) is 19.2 Å². The maximum atomic E-state index is 12.0. The Morgan fingerprint density at radius 1 is 0.889 bits per heavy atom. The zero-order valence-electron chi connectivity index (χ0n) is 22.3. The Labute approximate surface area is 282 Å². The van der Waals surface area contributed by atoms with Crippen LogP contribution in [0.2, 0.25) is 0 Å². The summed E-state index contributed by atoms with van der Waals surface area (Å²) in [5, 5.41) is 0.451. The first-order chi connectivity index (χ1) is 16.3. The number of nitrogens with zero attached hydrogens (tertiary/aromatic N) is 1. The van der Waals surface area contributed by atoms with Gasteiger partial charge in [-0.3, -0.25) is 7.05 Å². The maximum absolute atomic E-state index is 12.0. The average molecular weight is 754 g/mol. The molecule has 2 aromatic rings. The minimum absolute atomic E-state index is 0. The number of hydrogen-bond acceptors (Lipinski definition) is 8. The zero-order valence-corrected chi connectivity index (χ0v) is 33.4. The minimum Gasteiger partial charge on any atom is -0.340 e. The molecule has 2 aromatic carbocycles. The van der Waals surface area contributed by atoms with Gasteiger partial charge in [0.1, 0.15) is 5.91 Å². The summed E-state index contributed by atoms with van der Waals surface area (Å²) in [5.41, 5.74) is 0.814. The number of para-hydroxylation sites is 1. The number of amides is 1. The Bertz CT molecular complexity index is 1010. The molecule has 1 amide bonds. The predicted octanol–water partition coefficient (Wildman–Crippen LogP) is 6.84. The van der Waals surface area contributed by atoms with Crippen molar-refractivity contribution in [3.63, 3.8) is 0 Å². The summed E-state index contributed by atoms with van der Waals surface area (Å²) in [6.45, 7) is 13.7. The van der Waals surface area contributed by atoms with Gasteiger partial charge >= 0.3 is 0 Å². The van der Waals surface area contributed by atoms with E-state index in [0.29, 0.717) is 5.25 Å². The fraction of sp³-hybridized carbons (Fsp3) is 0.391. The Hall–Kier alpha value is 1.60. The van der Waals surface area contributed by atoms with E-state index in [9.17, 15) is 4.79 Å². The van der Waals surface area contributed by atoms with Crippen molar-refractivity contribution in [2.75, 3.05) is 18.2 Å². The average Bonchev–Trinajstić information content (AvgIpc) is 2.87. The van der Waals surface area contributed by atoms with E-state index < -0.39 is 19.4 Å². The molecule has 0 spiro atoms. The summed E-state index contributed by atoms with van der Waals surface area (Å²) < 4.78 is 0. The number of rotatable bonds is 4. The summed E-state index contributed by atoms with van der Waals surface area (Å²) in [6, 6.07) is 21.8. The molecule has 36 heavy (non-hydrogen) atoms. The molecule has 0 N–H and O–H groups in total. The molecule has 0 heterocycles. The van der Waals surface area contributed by atoms with E-state index in [1.807, 2.05) is 102 Å². The Morgan fingerprint density at radius 2 is 1.22 bits per heavy atom. The van der Waals surface area contributed by atoms with Crippen LogP contribution in [0, 0.1) is 11.3 Å². The second-order valence-electron chi connectivity index (χ2n) is 5.22. The molecular formula is C23H38NOS10Y-3. The van der Waals surface area contributed by atoms with E-state index in [2.05, 4.69) is 40.1 Å². The largest absolute Gasteiger partial charge is 0.340 e. The van der Waals surface area contributed by atoms with Gasteiger partial charge in [0.2, 0.25) is 0 Å². The quantitative estimate of drug-likeness (QED) is 0.158. The number of benzene rings is 2. The number of carbonyl (C=O) groups is 1. The molecule has 0 saturated heterocycles. The van der Waals surface area contributed by atoms with E-state index in [4.69, 9.17) is 44.8 Å². The smallest absolute Gasteiger partial charge is 0.102 e.